The number of methoxy groups -OCH3 is 3. The minimum Gasteiger partial charge on any atom is -0.493 e. The largest absolute Gasteiger partial charge is 0.493 e. The number of fused-ring (bicyclic) bond motifs is 1. The number of benzene rings is 2. The summed E-state index contributed by atoms with van der Waals surface area (Å²) in [5, 5.41) is 7.88. The van der Waals surface area contributed by atoms with Crippen LogP contribution >= 0.6 is 0 Å². The molecule has 0 aliphatic heterocycles. The molecule has 0 aliphatic carbocycles. The summed E-state index contributed by atoms with van der Waals surface area (Å²) in [7, 11) is 4.73. The molecule has 0 bridgehead atoms. The zero-order chi connectivity index (χ0) is 23.2. The third kappa shape index (κ3) is 4.90. The molecule has 33 heavy (non-hydrogen) atoms. The van der Waals surface area contributed by atoms with Gasteiger partial charge in [-0.05, 0) is 18.9 Å². The van der Waals surface area contributed by atoms with E-state index in [1.54, 1.807) is 39.7 Å². The molecule has 2 heterocycles. The van der Waals surface area contributed by atoms with Gasteiger partial charge < -0.3 is 19.5 Å². The van der Waals surface area contributed by atoms with E-state index in [1.165, 1.54) is 5.56 Å². The van der Waals surface area contributed by atoms with Gasteiger partial charge in [-0.2, -0.15) is 0 Å². The lowest BCUT2D eigenvalue weighted by Gasteiger charge is -2.14. The topological polar surface area (TPSA) is 82.8 Å². The smallest absolute Gasteiger partial charge is 0.245 e. The van der Waals surface area contributed by atoms with Crippen molar-refractivity contribution in [2.24, 2.45) is 0 Å². The number of ether oxygens (including phenoxy) is 3. The van der Waals surface area contributed by atoms with Crippen molar-refractivity contribution in [1.29, 1.82) is 0 Å². The van der Waals surface area contributed by atoms with Crippen LogP contribution in [0, 0.1) is 6.92 Å². The fourth-order valence-corrected chi connectivity index (χ4v) is 3.59. The molecule has 2 aromatic heterocycles. The van der Waals surface area contributed by atoms with Gasteiger partial charge in [0.15, 0.2) is 11.5 Å². The van der Waals surface area contributed by atoms with Crippen LogP contribution in [-0.4, -0.2) is 40.9 Å². The number of nitrogens with zero attached hydrogens (tertiary/aromatic N) is 4. The normalized spacial score (nSPS) is 11.2. The first-order valence-electron chi connectivity index (χ1n) is 10.6. The van der Waals surface area contributed by atoms with Crippen molar-refractivity contribution in [3.63, 3.8) is 0 Å². The maximum Gasteiger partial charge on any atom is 0.245 e. The van der Waals surface area contributed by atoms with Crippen molar-refractivity contribution in [3.05, 3.63) is 77.9 Å². The molecule has 0 saturated carbocycles. The highest BCUT2D eigenvalue weighted by Gasteiger charge is 2.15. The third-order valence-corrected chi connectivity index (χ3v) is 5.23. The average molecular weight is 446 g/mol. The number of allylic oxidation sites excluding steroid dienone is 2. The van der Waals surface area contributed by atoms with Crippen molar-refractivity contribution < 1.29 is 14.2 Å². The Morgan fingerprint density at radius 3 is 2.30 bits per heavy atom. The van der Waals surface area contributed by atoms with Crippen LogP contribution in [0.25, 0.3) is 5.52 Å². The zero-order valence-corrected chi connectivity index (χ0v) is 19.2. The Hall–Kier alpha value is -4.07. The van der Waals surface area contributed by atoms with Gasteiger partial charge in [0.2, 0.25) is 11.7 Å². The fourth-order valence-electron chi connectivity index (χ4n) is 3.59. The fraction of sp³-hybridized carbons (Fsp3) is 0.240. The summed E-state index contributed by atoms with van der Waals surface area (Å²) >= 11 is 0. The molecule has 8 heteroatoms. The van der Waals surface area contributed by atoms with Crippen LogP contribution in [0.3, 0.4) is 0 Å². The average Bonchev–Trinajstić information content (AvgIpc) is 3.16. The van der Waals surface area contributed by atoms with Gasteiger partial charge >= 0.3 is 0 Å². The quantitative estimate of drug-likeness (QED) is 0.379. The van der Waals surface area contributed by atoms with Gasteiger partial charge in [-0.3, -0.25) is 0 Å². The van der Waals surface area contributed by atoms with Crippen molar-refractivity contribution in [1.82, 2.24) is 19.6 Å². The second-order valence-electron chi connectivity index (χ2n) is 7.40. The van der Waals surface area contributed by atoms with Gasteiger partial charge in [-0.15, -0.1) is 5.10 Å². The first-order chi connectivity index (χ1) is 16.1. The van der Waals surface area contributed by atoms with E-state index in [9.17, 15) is 0 Å². The van der Waals surface area contributed by atoms with Crippen LogP contribution < -0.4 is 19.5 Å². The lowest BCUT2D eigenvalue weighted by Crippen LogP contribution is -2.05. The Kier molecular flexibility index (Phi) is 6.73. The first kappa shape index (κ1) is 22.1. The van der Waals surface area contributed by atoms with Crippen molar-refractivity contribution in [2.45, 2.75) is 19.8 Å². The van der Waals surface area contributed by atoms with Crippen LogP contribution in [-0.2, 0) is 12.8 Å². The van der Waals surface area contributed by atoms with Crippen LogP contribution in [0.5, 0.6) is 17.2 Å². The molecule has 1 N–H and O–H groups in total. The Labute approximate surface area is 192 Å². The number of rotatable bonds is 9. The molecule has 0 atom stereocenters. The molecule has 8 nitrogen and oxygen atoms in total. The number of hydrogen-bond acceptors (Lipinski definition) is 7. The van der Waals surface area contributed by atoms with Gasteiger partial charge in [0.25, 0.3) is 0 Å². The lowest BCUT2D eigenvalue weighted by molar-refractivity contribution is 0.324. The van der Waals surface area contributed by atoms with E-state index in [-0.39, 0.29) is 0 Å². The van der Waals surface area contributed by atoms with E-state index in [0.29, 0.717) is 35.3 Å². The number of nitrogens with one attached hydrogen (secondary N) is 1. The third-order valence-electron chi connectivity index (χ3n) is 5.23. The summed E-state index contributed by atoms with van der Waals surface area (Å²) in [5.74, 6) is 2.90. The van der Waals surface area contributed by atoms with E-state index in [4.69, 9.17) is 14.2 Å². The molecular formula is C25H27N5O3. The van der Waals surface area contributed by atoms with Gasteiger partial charge in [-0.1, -0.05) is 42.5 Å². The minimum atomic E-state index is 0.434. The second-order valence-corrected chi connectivity index (χ2v) is 7.40. The molecule has 0 saturated heterocycles. The Morgan fingerprint density at radius 1 is 0.939 bits per heavy atom. The van der Waals surface area contributed by atoms with E-state index >= 15 is 0 Å². The van der Waals surface area contributed by atoms with Crippen molar-refractivity contribution in [3.8, 4) is 17.2 Å². The number of imidazole rings is 1. The van der Waals surface area contributed by atoms with E-state index < -0.39 is 0 Å². The van der Waals surface area contributed by atoms with Crippen LogP contribution in [0.2, 0.25) is 0 Å². The molecule has 0 aliphatic rings. The maximum absolute atomic E-state index is 5.43. The van der Waals surface area contributed by atoms with E-state index in [1.807, 2.05) is 29.6 Å². The molecular weight excluding hydrogens is 418 g/mol. The lowest BCUT2D eigenvalue weighted by atomic mass is 10.1. The zero-order valence-electron chi connectivity index (χ0n) is 19.2. The molecule has 0 spiro atoms. The maximum atomic E-state index is 5.43. The number of anilines is 2. The molecule has 170 valence electrons. The summed E-state index contributed by atoms with van der Waals surface area (Å²) in [4.78, 5) is 9.14. The number of aryl methyl sites for hydroxylation is 1. The monoisotopic (exact) mass is 445 g/mol. The Bertz CT molecular complexity index is 1240. The summed E-state index contributed by atoms with van der Waals surface area (Å²) in [6.45, 7) is 1.96. The Balaban J connectivity index is 1.56. The summed E-state index contributed by atoms with van der Waals surface area (Å²) in [6, 6.07) is 14.0. The second kappa shape index (κ2) is 10.0. The molecule has 2 aromatic carbocycles. The summed E-state index contributed by atoms with van der Waals surface area (Å²) < 4.78 is 18.1. The highest BCUT2D eigenvalue weighted by atomic mass is 16.5. The first-order valence-corrected chi connectivity index (χ1v) is 10.6. The molecule has 0 radical (unpaired) electrons. The van der Waals surface area contributed by atoms with E-state index in [2.05, 4.69) is 44.7 Å². The van der Waals surface area contributed by atoms with Gasteiger partial charge in [-0.25, -0.2) is 14.5 Å². The van der Waals surface area contributed by atoms with Crippen LogP contribution in [0.15, 0.2) is 60.8 Å². The molecule has 4 rings (SSSR count). The van der Waals surface area contributed by atoms with Gasteiger partial charge in [0, 0.05) is 24.2 Å². The highest BCUT2D eigenvalue weighted by molar-refractivity contribution is 5.66. The van der Waals surface area contributed by atoms with Crippen molar-refractivity contribution in [2.75, 3.05) is 26.6 Å². The minimum absolute atomic E-state index is 0.434. The van der Waals surface area contributed by atoms with Crippen LogP contribution in [0.1, 0.15) is 17.1 Å². The SMILES string of the molecule is COc1cc(Nc2ncc3c(C)nc(C/C=C/Cc4ccccc4)n3n2)cc(OC)c1OC. The standard InChI is InChI=1S/C25H27N5O3/c1-17-20-16-26-25(28-19-14-21(31-2)24(33-4)22(15-19)32-3)29-30(20)23(27-17)13-9-8-12-18-10-6-5-7-11-18/h5-11,14-16H,12-13H2,1-4H3,(H,28,29)/b9-8+. The number of hydrogen-bond donors (Lipinski definition) is 1. The Morgan fingerprint density at radius 2 is 1.64 bits per heavy atom. The summed E-state index contributed by atoms with van der Waals surface area (Å²) in [6.07, 6.45) is 7.60. The predicted molar refractivity (Wildman–Crippen MR) is 128 cm³/mol. The van der Waals surface area contributed by atoms with Gasteiger partial charge in [0.1, 0.15) is 11.3 Å². The predicted octanol–water partition coefficient (Wildman–Crippen LogP) is 4.54. The molecule has 0 fully saturated rings. The van der Waals surface area contributed by atoms with Gasteiger partial charge in [0.05, 0.1) is 33.2 Å². The highest BCUT2D eigenvalue weighted by Crippen LogP contribution is 2.40. The molecule has 0 unspecified atom stereocenters. The molecule has 4 aromatic rings. The van der Waals surface area contributed by atoms with E-state index in [0.717, 1.165) is 23.5 Å². The van der Waals surface area contributed by atoms with Crippen LogP contribution in [0.4, 0.5) is 11.6 Å². The molecule has 0 amide bonds. The summed E-state index contributed by atoms with van der Waals surface area (Å²) in [5.41, 5.74) is 3.75. The van der Waals surface area contributed by atoms with Crippen molar-refractivity contribution >= 4 is 17.2 Å². The number of aromatic nitrogens is 4.